The average molecular weight is 837 g/mol. The molecule has 4 aliphatic heterocycles. The highest BCUT2D eigenvalue weighted by Gasteiger charge is 2.54. The number of aliphatic hydroxyl groups excluding tert-OH is 6. The minimum absolute atomic E-state index is 0.0135. The third-order valence-electron chi connectivity index (χ3n) is 11.2. The zero-order valence-corrected chi connectivity index (χ0v) is 32.3. The lowest BCUT2D eigenvalue weighted by Gasteiger charge is -2.46. The van der Waals surface area contributed by atoms with Crippen LogP contribution in [0.4, 0.5) is 0 Å². The largest absolute Gasteiger partial charge is 0.467 e. The number of amides is 1. The minimum Gasteiger partial charge on any atom is -0.467 e. The molecule has 3 saturated heterocycles. The smallest absolute Gasteiger partial charge is 0.249 e. The van der Waals surface area contributed by atoms with Gasteiger partial charge in [-0.2, -0.15) is 0 Å². The van der Waals surface area contributed by atoms with Crippen molar-refractivity contribution in [2.45, 2.75) is 142 Å². The van der Waals surface area contributed by atoms with Crippen LogP contribution in [0.1, 0.15) is 32.1 Å². The second kappa shape index (κ2) is 20.9. The fourth-order valence-electron chi connectivity index (χ4n) is 7.73. The fraction of sp³-hybridized carbons (Fsp3) is 0.882. The standard InChI is InChI=1S/C34H64N10O14/c35-10-19-23(48)24(49)21(38)31(54-19)57-27-20(12-45)55-32(25(27)50)58-28-22(47)17(44-29(51)18(46)3-6-43-33(39)40)9-16(37)26(28)56-30-15(36)2-1-14(53-30)11-42-13-34(52)4-7-41-8-5-34/h1,15-28,30-32,41-42,45-50,52H,2-13,35-38H2,(H,44,51)(H4,39,40,43)/t15-,16+,17-,18+,19+,20-,21-,22+,23-,24-,25-,26-,27-,28-,30-,31-,32+/m1/s1. The van der Waals surface area contributed by atoms with Crippen LogP contribution in [0.25, 0.3) is 0 Å². The van der Waals surface area contributed by atoms with Crippen molar-refractivity contribution in [3.8, 4) is 0 Å². The number of hydrogen-bond donors (Lipinski definition) is 17. The number of nitrogens with two attached hydrogens (primary N) is 5. The summed E-state index contributed by atoms with van der Waals surface area (Å²) in [4.78, 5) is 13.0. The van der Waals surface area contributed by atoms with Crippen LogP contribution in [0.3, 0.4) is 0 Å². The first kappa shape index (κ1) is 46.6. The van der Waals surface area contributed by atoms with Gasteiger partial charge in [0.25, 0.3) is 0 Å². The molecule has 5 rings (SSSR count). The summed E-state index contributed by atoms with van der Waals surface area (Å²) in [5, 5.41) is 94.4. The Morgan fingerprint density at radius 1 is 0.948 bits per heavy atom. The third kappa shape index (κ3) is 11.5. The summed E-state index contributed by atoms with van der Waals surface area (Å²) in [5.41, 5.74) is 29.2. The number of carbonyl (C=O) groups is 1. The molecule has 0 unspecified atom stereocenters. The molecule has 4 fully saturated rings. The van der Waals surface area contributed by atoms with Gasteiger partial charge in [0, 0.05) is 25.7 Å². The maximum absolute atomic E-state index is 13.0. The highest BCUT2D eigenvalue weighted by molar-refractivity contribution is 5.81. The van der Waals surface area contributed by atoms with E-state index >= 15 is 0 Å². The van der Waals surface area contributed by atoms with Crippen molar-refractivity contribution >= 4 is 11.9 Å². The van der Waals surface area contributed by atoms with E-state index in [0.29, 0.717) is 44.7 Å². The maximum atomic E-state index is 13.0. The highest BCUT2D eigenvalue weighted by Crippen LogP contribution is 2.34. The number of nitrogens with one attached hydrogen (secondary N) is 5. The van der Waals surface area contributed by atoms with Gasteiger partial charge in [-0.1, -0.05) is 0 Å². The Labute approximate surface area is 335 Å². The molecule has 1 saturated carbocycles. The van der Waals surface area contributed by atoms with Crippen molar-refractivity contribution in [1.82, 2.24) is 21.3 Å². The molecule has 0 radical (unpaired) electrons. The molecule has 1 amide bonds. The number of ether oxygens (including phenoxy) is 6. The first-order chi connectivity index (χ1) is 27.5. The van der Waals surface area contributed by atoms with E-state index in [0.717, 1.165) is 0 Å². The molecule has 17 atom stereocenters. The van der Waals surface area contributed by atoms with Crippen molar-refractivity contribution in [3.05, 3.63) is 11.8 Å². The summed E-state index contributed by atoms with van der Waals surface area (Å²) in [6, 6.07) is -4.10. The number of aliphatic hydroxyl groups is 7. The highest BCUT2D eigenvalue weighted by atomic mass is 16.8. The SMILES string of the molecule is N=C(N)NCC[C@H](O)C(=O)N[C@@H]1C[C@H](N)[C@@H](O[C@H]2OC(CNCC3(O)CCNCC3)=CC[C@H]2N)[C@H](O[C@@H]2O[C@H](CO)[C@@H](O[C@H]3O[C@@H](CN)[C@@H](O)[C@H](O)[C@H]3N)[C@H]2O)[C@H]1O. The van der Waals surface area contributed by atoms with Gasteiger partial charge in [-0.25, -0.2) is 0 Å². The van der Waals surface area contributed by atoms with Crippen LogP contribution in [0.5, 0.6) is 0 Å². The molecule has 22 N–H and O–H groups in total. The first-order valence-corrected chi connectivity index (χ1v) is 19.7. The van der Waals surface area contributed by atoms with Gasteiger partial charge in [-0.15, -0.1) is 0 Å². The van der Waals surface area contributed by atoms with Crippen LogP contribution in [-0.4, -0.2) is 203 Å². The maximum Gasteiger partial charge on any atom is 0.249 e. The molecule has 58 heavy (non-hydrogen) atoms. The summed E-state index contributed by atoms with van der Waals surface area (Å²) in [5.74, 6) is -0.712. The third-order valence-corrected chi connectivity index (χ3v) is 11.2. The van der Waals surface area contributed by atoms with Gasteiger partial charge >= 0.3 is 0 Å². The van der Waals surface area contributed by atoms with Gasteiger partial charge in [0.1, 0.15) is 66.8 Å². The number of piperidine rings is 1. The Balaban J connectivity index is 1.31. The Morgan fingerprint density at radius 2 is 1.62 bits per heavy atom. The molecule has 0 aromatic rings. The fourth-order valence-corrected chi connectivity index (χ4v) is 7.73. The summed E-state index contributed by atoms with van der Waals surface area (Å²) >= 11 is 0. The lowest BCUT2D eigenvalue weighted by molar-refractivity contribution is -0.282. The van der Waals surface area contributed by atoms with Crippen LogP contribution in [0.2, 0.25) is 0 Å². The lowest BCUT2D eigenvalue weighted by Crippen LogP contribution is -2.67. The van der Waals surface area contributed by atoms with E-state index in [1.807, 2.05) is 0 Å². The molecule has 0 bridgehead atoms. The predicted octanol–water partition coefficient (Wildman–Crippen LogP) is -8.57. The summed E-state index contributed by atoms with van der Waals surface area (Å²) in [7, 11) is 0. The van der Waals surface area contributed by atoms with Crippen molar-refractivity contribution < 1.29 is 69.0 Å². The van der Waals surface area contributed by atoms with Crippen LogP contribution in [-0.2, 0) is 33.2 Å². The van der Waals surface area contributed by atoms with E-state index in [9.17, 15) is 40.5 Å². The van der Waals surface area contributed by atoms with Gasteiger partial charge < -0.3 is 114 Å². The predicted molar refractivity (Wildman–Crippen MR) is 201 cm³/mol. The summed E-state index contributed by atoms with van der Waals surface area (Å²) < 4.78 is 36.1. The molecule has 0 spiro atoms. The van der Waals surface area contributed by atoms with Crippen molar-refractivity contribution in [2.24, 2.45) is 28.7 Å². The second-order valence-electron chi connectivity index (χ2n) is 15.6. The molecule has 24 nitrogen and oxygen atoms in total. The lowest BCUT2D eigenvalue weighted by atomic mass is 9.83. The van der Waals surface area contributed by atoms with E-state index in [1.54, 1.807) is 6.08 Å². The first-order valence-electron chi connectivity index (χ1n) is 19.7. The molecule has 5 aliphatic rings. The molecule has 24 heteroatoms. The van der Waals surface area contributed by atoms with Gasteiger partial charge in [-0.05, 0) is 51.3 Å². The molecular weight excluding hydrogens is 772 g/mol. The summed E-state index contributed by atoms with van der Waals surface area (Å²) in [6.45, 7) is 1.11. The van der Waals surface area contributed by atoms with Crippen LogP contribution < -0.4 is 49.9 Å². The van der Waals surface area contributed by atoms with Crippen molar-refractivity contribution in [3.63, 3.8) is 0 Å². The Bertz CT molecular complexity index is 1370. The molecule has 0 aromatic heterocycles. The van der Waals surface area contributed by atoms with Gasteiger partial charge in [0.05, 0.1) is 36.9 Å². The molecule has 334 valence electrons. The zero-order valence-electron chi connectivity index (χ0n) is 32.3. The average Bonchev–Trinajstić information content (AvgIpc) is 3.48. The van der Waals surface area contributed by atoms with Crippen molar-refractivity contribution in [2.75, 3.05) is 45.9 Å². The summed E-state index contributed by atoms with van der Waals surface area (Å²) in [6.07, 6.45) is -15.2. The van der Waals surface area contributed by atoms with Gasteiger partial charge in [0.2, 0.25) is 12.2 Å². The molecule has 1 aliphatic carbocycles. The van der Waals surface area contributed by atoms with Crippen LogP contribution >= 0.6 is 0 Å². The number of carbonyl (C=O) groups excluding carboxylic acids is 1. The van der Waals surface area contributed by atoms with Gasteiger partial charge in [0.15, 0.2) is 18.5 Å². The van der Waals surface area contributed by atoms with Crippen LogP contribution in [0, 0.1) is 5.41 Å². The van der Waals surface area contributed by atoms with Gasteiger partial charge in [-0.3, -0.25) is 10.2 Å². The zero-order chi connectivity index (χ0) is 42.3. The topological polar surface area (TPSA) is 416 Å². The van der Waals surface area contributed by atoms with Crippen LogP contribution in [0.15, 0.2) is 11.8 Å². The molecule has 4 heterocycles. The number of guanidine groups is 1. The van der Waals surface area contributed by atoms with E-state index in [4.69, 9.17) is 62.5 Å². The van der Waals surface area contributed by atoms with E-state index in [-0.39, 0.29) is 38.4 Å². The van der Waals surface area contributed by atoms with E-state index in [2.05, 4.69) is 21.3 Å². The van der Waals surface area contributed by atoms with E-state index < -0.39 is 122 Å². The molecule has 0 aromatic carbocycles. The molecular formula is C34H64N10O14. The second-order valence-corrected chi connectivity index (χ2v) is 15.6. The minimum atomic E-state index is -1.69. The van der Waals surface area contributed by atoms with E-state index in [1.165, 1.54) is 0 Å². The monoisotopic (exact) mass is 836 g/mol. The number of rotatable bonds is 17. The normalized spacial score (nSPS) is 40.9. The Kier molecular flexibility index (Phi) is 16.8. The number of hydrogen-bond acceptors (Lipinski definition) is 21. The Hall–Kier alpha value is -2.44. The van der Waals surface area contributed by atoms with Crippen molar-refractivity contribution in [1.29, 1.82) is 5.41 Å². The quantitative estimate of drug-likeness (QED) is 0.0478. The Morgan fingerprint density at radius 3 is 2.29 bits per heavy atom.